The van der Waals surface area contributed by atoms with Crippen LogP contribution in [0, 0.1) is 0 Å². The normalized spacial score (nSPS) is 14.4. The van der Waals surface area contributed by atoms with E-state index in [1.807, 2.05) is 0 Å². The molecule has 0 atom stereocenters. The minimum atomic E-state index is -3.99. The number of hydrogen-bond donors (Lipinski definition) is 1. The SMILES string of the molecule is COc1cc(OS(=O)(=O)c2ccc(N3CCNC3=O)cc2)ccn1. The minimum Gasteiger partial charge on any atom is -0.481 e. The molecule has 1 N–H and O–H groups in total. The van der Waals surface area contributed by atoms with E-state index in [-0.39, 0.29) is 22.6 Å². The van der Waals surface area contributed by atoms with E-state index in [2.05, 4.69) is 10.3 Å². The molecule has 2 heterocycles. The van der Waals surface area contributed by atoms with Crippen molar-refractivity contribution < 1.29 is 22.1 Å². The van der Waals surface area contributed by atoms with Crippen LogP contribution in [-0.2, 0) is 10.1 Å². The number of nitrogens with one attached hydrogen (secondary N) is 1. The second kappa shape index (κ2) is 6.36. The number of carbonyl (C=O) groups excluding carboxylic acids is 1. The zero-order chi connectivity index (χ0) is 17.2. The summed E-state index contributed by atoms with van der Waals surface area (Å²) in [5.74, 6) is 0.350. The average molecular weight is 349 g/mol. The largest absolute Gasteiger partial charge is 0.481 e. The van der Waals surface area contributed by atoms with E-state index in [9.17, 15) is 13.2 Å². The van der Waals surface area contributed by atoms with Crippen LogP contribution in [0.2, 0.25) is 0 Å². The third-order valence-electron chi connectivity index (χ3n) is 3.42. The van der Waals surface area contributed by atoms with Crippen molar-refractivity contribution in [3.05, 3.63) is 42.6 Å². The third-order valence-corrected chi connectivity index (χ3v) is 4.68. The van der Waals surface area contributed by atoms with Gasteiger partial charge in [0.15, 0.2) is 0 Å². The van der Waals surface area contributed by atoms with Gasteiger partial charge in [0.25, 0.3) is 0 Å². The van der Waals surface area contributed by atoms with Crippen molar-refractivity contribution in [2.24, 2.45) is 0 Å². The fraction of sp³-hybridized carbons (Fsp3) is 0.200. The first-order chi connectivity index (χ1) is 11.5. The molecule has 1 aromatic heterocycles. The van der Waals surface area contributed by atoms with Gasteiger partial charge in [-0.1, -0.05) is 0 Å². The van der Waals surface area contributed by atoms with Crippen LogP contribution >= 0.6 is 0 Å². The Morgan fingerprint density at radius 1 is 1.21 bits per heavy atom. The lowest BCUT2D eigenvalue weighted by molar-refractivity contribution is 0.252. The summed E-state index contributed by atoms with van der Waals surface area (Å²) in [7, 11) is -2.57. The number of nitrogens with zero attached hydrogens (tertiary/aromatic N) is 2. The summed E-state index contributed by atoms with van der Waals surface area (Å²) in [4.78, 5) is 17.0. The van der Waals surface area contributed by atoms with Gasteiger partial charge in [0.1, 0.15) is 10.6 Å². The number of hydrogen-bond acceptors (Lipinski definition) is 6. The Hall–Kier alpha value is -2.81. The van der Waals surface area contributed by atoms with E-state index in [0.29, 0.717) is 18.8 Å². The summed E-state index contributed by atoms with van der Waals surface area (Å²) < 4.78 is 34.6. The van der Waals surface area contributed by atoms with Crippen LogP contribution in [0.3, 0.4) is 0 Å². The number of aromatic nitrogens is 1. The number of pyridine rings is 1. The first-order valence-electron chi connectivity index (χ1n) is 7.09. The molecule has 2 aromatic rings. The quantitative estimate of drug-likeness (QED) is 0.819. The van der Waals surface area contributed by atoms with Crippen molar-refractivity contribution in [2.45, 2.75) is 4.90 Å². The second-order valence-corrected chi connectivity index (χ2v) is 6.50. The molecule has 0 aliphatic carbocycles. The Morgan fingerprint density at radius 3 is 2.58 bits per heavy atom. The van der Waals surface area contributed by atoms with Gasteiger partial charge < -0.3 is 14.2 Å². The number of benzene rings is 1. The van der Waals surface area contributed by atoms with Crippen LogP contribution in [0.1, 0.15) is 0 Å². The van der Waals surface area contributed by atoms with Gasteiger partial charge in [0.05, 0.1) is 7.11 Å². The summed E-state index contributed by atoms with van der Waals surface area (Å²) in [5.41, 5.74) is 0.620. The Bertz CT molecular complexity index is 852. The maximum Gasteiger partial charge on any atom is 0.339 e. The Morgan fingerprint density at radius 2 is 1.96 bits per heavy atom. The summed E-state index contributed by atoms with van der Waals surface area (Å²) in [5, 5.41) is 2.68. The van der Waals surface area contributed by atoms with Crippen molar-refractivity contribution in [1.82, 2.24) is 10.3 Å². The van der Waals surface area contributed by atoms with E-state index in [1.165, 1.54) is 42.5 Å². The highest BCUT2D eigenvalue weighted by molar-refractivity contribution is 7.87. The van der Waals surface area contributed by atoms with Crippen LogP contribution < -0.4 is 19.1 Å². The molecule has 1 aliphatic rings. The van der Waals surface area contributed by atoms with E-state index in [4.69, 9.17) is 8.92 Å². The van der Waals surface area contributed by atoms with Gasteiger partial charge in [-0.3, -0.25) is 4.90 Å². The molecule has 1 fully saturated rings. The fourth-order valence-corrected chi connectivity index (χ4v) is 3.16. The third kappa shape index (κ3) is 3.25. The second-order valence-electron chi connectivity index (χ2n) is 4.95. The maximum absolute atomic E-state index is 12.3. The standard InChI is InChI=1S/C15H15N3O5S/c1-22-14-10-12(6-7-16-14)23-24(20,21)13-4-2-11(3-5-13)18-9-8-17-15(18)19/h2-7,10H,8-9H2,1H3,(H,17,19). The van der Waals surface area contributed by atoms with Gasteiger partial charge in [-0.2, -0.15) is 8.42 Å². The predicted molar refractivity (Wildman–Crippen MR) is 85.8 cm³/mol. The molecule has 0 unspecified atom stereocenters. The van der Waals surface area contributed by atoms with Crippen molar-refractivity contribution in [1.29, 1.82) is 0 Å². The van der Waals surface area contributed by atoms with E-state index >= 15 is 0 Å². The summed E-state index contributed by atoms with van der Waals surface area (Å²) in [6.45, 7) is 1.10. The number of rotatable bonds is 5. The first-order valence-corrected chi connectivity index (χ1v) is 8.50. The van der Waals surface area contributed by atoms with Gasteiger partial charge in [0, 0.05) is 37.1 Å². The average Bonchev–Trinajstić information content (AvgIpc) is 3.01. The lowest BCUT2D eigenvalue weighted by atomic mass is 10.3. The molecular weight excluding hydrogens is 334 g/mol. The van der Waals surface area contributed by atoms with Gasteiger partial charge in [-0.05, 0) is 24.3 Å². The molecule has 1 aromatic carbocycles. The highest BCUT2D eigenvalue weighted by Crippen LogP contribution is 2.24. The molecule has 8 nitrogen and oxygen atoms in total. The van der Waals surface area contributed by atoms with Crippen molar-refractivity contribution in [3.8, 4) is 11.6 Å². The summed E-state index contributed by atoms with van der Waals surface area (Å²) in [6, 6.07) is 8.51. The number of urea groups is 1. The molecule has 2 amide bonds. The Balaban J connectivity index is 1.80. The zero-order valence-electron chi connectivity index (χ0n) is 12.8. The van der Waals surface area contributed by atoms with Crippen LogP contribution in [0.25, 0.3) is 0 Å². The Labute approximate surface area is 139 Å². The highest BCUT2D eigenvalue weighted by atomic mass is 32.2. The Kier molecular flexibility index (Phi) is 4.26. The molecule has 9 heteroatoms. The monoisotopic (exact) mass is 349 g/mol. The fourth-order valence-electron chi connectivity index (χ4n) is 2.24. The van der Waals surface area contributed by atoms with Crippen LogP contribution in [0.4, 0.5) is 10.5 Å². The highest BCUT2D eigenvalue weighted by Gasteiger charge is 2.22. The molecule has 0 bridgehead atoms. The van der Waals surface area contributed by atoms with Crippen LogP contribution in [0.15, 0.2) is 47.5 Å². The molecule has 0 spiro atoms. The van der Waals surface area contributed by atoms with E-state index < -0.39 is 10.1 Å². The molecule has 3 rings (SSSR count). The van der Waals surface area contributed by atoms with Gasteiger partial charge >= 0.3 is 16.1 Å². The van der Waals surface area contributed by atoms with Crippen LogP contribution in [0.5, 0.6) is 11.6 Å². The molecular formula is C15H15N3O5S. The number of carbonyl (C=O) groups is 1. The zero-order valence-corrected chi connectivity index (χ0v) is 13.6. The number of anilines is 1. The number of amides is 2. The molecule has 1 saturated heterocycles. The molecule has 24 heavy (non-hydrogen) atoms. The van der Waals surface area contributed by atoms with E-state index in [1.54, 1.807) is 12.1 Å². The van der Waals surface area contributed by atoms with Crippen molar-refractivity contribution in [2.75, 3.05) is 25.1 Å². The topological polar surface area (TPSA) is 97.8 Å². The van der Waals surface area contributed by atoms with Crippen molar-refractivity contribution in [3.63, 3.8) is 0 Å². The lowest BCUT2D eigenvalue weighted by Gasteiger charge is -2.14. The number of ether oxygens (including phenoxy) is 1. The predicted octanol–water partition coefficient (Wildman–Crippen LogP) is 1.39. The van der Waals surface area contributed by atoms with Gasteiger partial charge in [-0.15, -0.1) is 0 Å². The van der Waals surface area contributed by atoms with Gasteiger partial charge in [-0.25, -0.2) is 9.78 Å². The molecule has 1 aliphatic heterocycles. The molecule has 0 radical (unpaired) electrons. The van der Waals surface area contributed by atoms with E-state index in [0.717, 1.165) is 0 Å². The maximum atomic E-state index is 12.3. The molecule has 126 valence electrons. The summed E-state index contributed by atoms with van der Waals surface area (Å²) in [6.07, 6.45) is 1.39. The first kappa shape index (κ1) is 16.1. The summed E-state index contributed by atoms with van der Waals surface area (Å²) >= 11 is 0. The lowest BCUT2D eigenvalue weighted by Crippen LogP contribution is -2.27. The minimum absolute atomic E-state index is 0.0124. The smallest absolute Gasteiger partial charge is 0.339 e. The number of methoxy groups -OCH3 is 1. The van der Waals surface area contributed by atoms with Crippen molar-refractivity contribution >= 4 is 21.8 Å². The molecule has 0 saturated carbocycles. The van der Waals surface area contributed by atoms with Gasteiger partial charge in [0.2, 0.25) is 5.88 Å². The van der Waals surface area contributed by atoms with Crippen LogP contribution in [-0.4, -0.2) is 39.6 Å².